The third kappa shape index (κ3) is 2.55. The number of hydrogen-bond donors (Lipinski definition) is 2. The summed E-state index contributed by atoms with van der Waals surface area (Å²) >= 11 is 0. The molecule has 1 aliphatic heterocycles. The summed E-state index contributed by atoms with van der Waals surface area (Å²) in [6.45, 7) is 4.41. The van der Waals surface area contributed by atoms with Gasteiger partial charge in [-0.2, -0.15) is 0 Å². The summed E-state index contributed by atoms with van der Waals surface area (Å²) in [7, 11) is 1.61. The summed E-state index contributed by atoms with van der Waals surface area (Å²) in [5.74, 6) is 0.496. The van der Waals surface area contributed by atoms with Gasteiger partial charge in [0.05, 0.1) is 18.8 Å². The molecule has 5 nitrogen and oxygen atoms in total. The van der Waals surface area contributed by atoms with Crippen molar-refractivity contribution in [2.45, 2.75) is 6.92 Å². The zero-order valence-corrected chi connectivity index (χ0v) is 10.1. The van der Waals surface area contributed by atoms with E-state index in [0.717, 1.165) is 19.8 Å². The molecule has 0 aliphatic carbocycles. The highest BCUT2D eigenvalue weighted by molar-refractivity contribution is 5.98. The van der Waals surface area contributed by atoms with Gasteiger partial charge in [-0.3, -0.25) is 4.79 Å². The number of anilines is 1. The Kier molecular flexibility index (Phi) is 3.28. The molecule has 1 aromatic rings. The third-order valence-corrected chi connectivity index (χ3v) is 2.86. The van der Waals surface area contributed by atoms with Crippen molar-refractivity contribution in [1.82, 2.24) is 10.3 Å². The Morgan fingerprint density at radius 1 is 1.59 bits per heavy atom. The molecule has 0 atom stereocenters. The molecule has 17 heavy (non-hydrogen) atoms. The minimum Gasteiger partial charge on any atom is -0.380 e. The van der Waals surface area contributed by atoms with Gasteiger partial charge in [-0.1, -0.05) is 6.92 Å². The van der Waals surface area contributed by atoms with Crippen molar-refractivity contribution in [3.8, 4) is 0 Å². The number of nitrogens with one attached hydrogen (secondary N) is 2. The first-order chi connectivity index (χ1) is 8.14. The fraction of sp³-hybridized carbons (Fsp3) is 0.500. The van der Waals surface area contributed by atoms with E-state index in [1.807, 2.05) is 0 Å². The summed E-state index contributed by atoms with van der Waals surface area (Å²) in [5, 5.41) is 5.82. The number of amides is 1. The molecule has 1 aromatic heterocycles. The first-order valence-corrected chi connectivity index (χ1v) is 5.63. The number of hydrogen-bond acceptors (Lipinski definition) is 4. The van der Waals surface area contributed by atoms with Crippen LogP contribution in [0.25, 0.3) is 0 Å². The number of ether oxygens (including phenoxy) is 1. The maximum absolute atomic E-state index is 11.6. The van der Waals surface area contributed by atoms with Gasteiger partial charge in [0.25, 0.3) is 5.91 Å². The molecule has 2 rings (SSSR count). The van der Waals surface area contributed by atoms with Gasteiger partial charge in [0.2, 0.25) is 0 Å². The minimum absolute atomic E-state index is 0.129. The molecule has 1 saturated heterocycles. The van der Waals surface area contributed by atoms with Crippen LogP contribution in [0.1, 0.15) is 17.3 Å². The Balaban J connectivity index is 2.07. The average molecular weight is 235 g/mol. The molecule has 2 heterocycles. The molecular weight excluding hydrogens is 218 g/mol. The van der Waals surface area contributed by atoms with E-state index in [4.69, 9.17) is 4.74 Å². The quantitative estimate of drug-likeness (QED) is 0.813. The number of rotatable bonds is 4. The van der Waals surface area contributed by atoms with E-state index in [1.165, 1.54) is 0 Å². The van der Waals surface area contributed by atoms with Gasteiger partial charge in [-0.15, -0.1) is 0 Å². The standard InChI is InChI=1S/C12H17N3O2/c1-12(7-17-8-12)6-15-10-9(11(16)13-2)4-3-5-14-10/h3-5H,6-8H2,1-2H3,(H,13,16)(H,14,15). The normalized spacial score (nSPS) is 17.1. The molecule has 1 amide bonds. The van der Waals surface area contributed by atoms with E-state index in [9.17, 15) is 4.79 Å². The molecule has 0 aromatic carbocycles. The smallest absolute Gasteiger partial charge is 0.254 e. The van der Waals surface area contributed by atoms with Gasteiger partial charge in [-0.05, 0) is 12.1 Å². The highest BCUT2D eigenvalue weighted by Crippen LogP contribution is 2.26. The SMILES string of the molecule is CNC(=O)c1cccnc1NCC1(C)COC1. The zero-order chi connectivity index (χ0) is 12.3. The van der Waals surface area contributed by atoms with Gasteiger partial charge in [0.15, 0.2) is 0 Å². The summed E-state index contributed by atoms with van der Waals surface area (Å²) < 4.78 is 5.19. The Hall–Kier alpha value is -1.62. The van der Waals surface area contributed by atoms with Gasteiger partial charge in [-0.25, -0.2) is 4.98 Å². The number of aromatic nitrogens is 1. The van der Waals surface area contributed by atoms with Crippen molar-refractivity contribution >= 4 is 11.7 Å². The summed E-state index contributed by atoms with van der Waals surface area (Å²) in [4.78, 5) is 15.8. The molecule has 5 heteroatoms. The molecule has 0 bridgehead atoms. The van der Waals surface area contributed by atoms with Gasteiger partial charge in [0, 0.05) is 25.2 Å². The molecule has 0 spiro atoms. The Morgan fingerprint density at radius 3 is 2.94 bits per heavy atom. The second-order valence-corrected chi connectivity index (χ2v) is 4.64. The first-order valence-electron chi connectivity index (χ1n) is 5.63. The van der Waals surface area contributed by atoms with Crippen LogP contribution >= 0.6 is 0 Å². The largest absolute Gasteiger partial charge is 0.380 e. The Labute approximate surface area is 101 Å². The lowest BCUT2D eigenvalue weighted by Gasteiger charge is -2.38. The van der Waals surface area contributed by atoms with Crippen molar-refractivity contribution in [2.24, 2.45) is 5.41 Å². The van der Waals surface area contributed by atoms with Crippen LogP contribution in [0.4, 0.5) is 5.82 Å². The van der Waals surface area contributed by atoms with Crippen molar-refractivity contribution in [3.05, 3.63) is 23.9 Å². The van der Waals surface area contributed by atoms with E-state index in [-0.39, 0.29) is 11.3 Å². The van der Waals surface area contributed by atoms with E-state index in [1.54, 1.807) is 25.4 Å². The number of carbonyl (C=O) groups excluding carboxylic acids is 1. The van der Waals surface area contributed by atoms with E-state index in [2.05, 4.69) is 22.5 Å². The Bertz CT molecular complexity index is 416. The first kappa shape index (κ1) is 11.9. The topological polar surface area (TPSA) is 63.2 Å². The fourth-order valence-electron chi connectivity index (χ4n) is 1.71. The number of pyridine rings is 1. The lowest BCUT2D eigenvalue weighted by molar-refractivity contribution is -0.0924. The molecular formula is C12H17N3O2. The maximum atomic E-state index is 11.6. The molecule has 1 fully saturated rings. The van der Waals surface area contributed by atoms with Crippen LogP contribution in [0.2, 0.25) is 0 Å². The van der Waals surface area contributed by atoms with Crippen LogP contribution in [-0.2, 0) is 4.74 Å². The van der Waals surface area contributed by atoms with Crippen LogP contribution in [0.3, 0.4) is 0 Å². The van der Waals surface area contributed by atoms with Crippen molar-refractivity contribution in [2.75, 3.05) is 32.1 Å². The van der Waals surface area contributed by atoms with Crippen molar-refractivity contribution in [3.63, 3.8) is 0 Å². The van der Waals surface area contributed by atoms with E-state index in [0.29, 0.717) is 11.4 Å². The highest BCUT2D eigenvalue weighted by atomic mass is 16.5. The molecule has 2 N–H and O–H groups in total. The van der Waals surface area contributed by atoms with Gasteiger partial charge < -0.3 is 15.4 Å². The predicted molar refractivity (Wildman–Crippen MR) is 65.0 cm³/mol. The second kappa shape index (κ2) is 4.71. The summed E-state index contributed by atoms with van der Waals surface area (Å²) in [5.41, 5.74) is 0.719. The second-order valence-electron chi connectivity index (χ2n) is 4.64. The molecule has 0 unspecified atom stereocenters. The van der Waals surface area contributed by atoms with E-state index >= 15 is 0 Å². The van der Waals surface area contributed by atoms with Crippen molar-refractivity contribution in [1.29, 1.82) is 0 Å². The monoisotopic (exact) mass is 235 g/mol. The minimum atomic E-state index is -0.129. The highest BCUT2D eigenvalue weighted by Gasteiger charge is 2.33. The summed E-state index contributed by atoms with van der Waals surface area (Å²) in [6, 6.07) is 3.51. The zero-order valence-electron chi connectivity index (χ0n) is 10.1. The average Bonchev–Trinajstić information content (AvgIpc) is 2.33. The molecule has 92 valence electrons. The van der Waals surface area contributed by atoms with Crippen LogP contribution in [0.15, 0.2) is 18.3 Å². The van der Waals surface area contributed by atoms with E-state index < -0.39 is 0 Å². The van der Waals surface area contributed by atoms with Crippen LogP contribution in [-0.4, -0.2) is 37.7 Å². The maximum Gasteiger partial charge on any atom is 0.254 e. The van der Waals surface area contributed by atoms with Crippen LogP contribution < -0.4 is 10.6 Å². The number of nitrogens with zero attached hydrogens (tertiary/aromatic N) is 1. The fourth-order valence-corrected chi connectivity index (χ4v) is 1.71. The molecule has 0 radical (unpaired) electrons. The lowest BCUT2D eigenvalue weighted by Crippen LogP contribution is -2.45. The van der Waals surface area contributed by atoms with Gasteiger partial charge >= 0.3 is 0 Å². The molecule has 0 saturated carbocycles. The Morgan fingerprint density at radius 2 is 2.35 bits per heavy atom. The molecule has 1 aliphatic rings. The lowest BCUT2D eigenvalue weighted by atomic mass is 9.89. The number of carbonyl (C=O) groups is 1. The van der Waals surface area contributed by atoms with Gasteiger partial charge in [0.1, 0.15) is 5.82 Å². The van der Waals surface area contributed by atoms with Crippen LogP contribution in [0.5, 0.6) is 0 Å². The third-order valence-electron chi connectivity index (χ3n) is 2.86. The van der Waals surface area contributed by atoms with Crippen LogP contribution in [0, 0.1) is 5.41 Å². The summed E-state index contributed by atoms with van der Waals surface area (Å²) in [6.07, 6.45) is 1.67. The predicted octanol–water partition coefficient (Wildman–Crippen LogP) is 0.890. The van der Waals surface area contributed by atoms with Crippen molar-refractivity contribution < 1.29 is 9.53 Å².